The van der Waals surface area contributed by atoms with Crippen molar-refractivity contribution in [2.24, 2.45) is 0 Å². The van der Waals surface area contributed by atoms with E-state index in [1.165, 1.54) is 12.0 Å². The normalized spacial score (nSPS) is 21.0. The summed E-state index contributed by atoms with van der Waals surface area (Å²) in [6.07, 6.45) is 4.09. The molecule has 2 heteroatoms. The van der Waals surface area contributed by atoms with Gasteiger partial charge in [0.1, 0.15) is 0 Å². The molecule has 17 heavy (non-hydrogen) atoms. The predicted octanol–water partition coefficient (Wildman–Crippen LogP) is 3.02. The average molecular weight is 231 g/mol. The van der Waals surface area contributed by atoms with Crippen molar-refractivity contribution in [1.82, 2.24) is 4.90 Å². The summed E-state index contributed by atoms with van der Waals surface area (Å²) >= 11 is 0. The fourth-order valence-corrected chi connectivity index (χ4v) is 2.53. The number of rotatable bonds is 5. The third-order valence-electron chi connectivity index (χ3n) is 3.52. The van der Waals surface area contributed by atoms with Gasteiger partial charge in [0.25, 0.3) is 0 Å². The van der Waals surface area contributed by atoms with E-state index in [4.69, 9.17) is 0 Å². The van der Waals surface area contributed by atoms with Crippen LogP contribution in [0.2, 0.25) is 0 Å². The third kappa shape index (κ3) is 3.16. The number of likely N-dealkylation sites (tertiary alicyclic amines) is 1. The summed E-state index contributed by atoms with van der Waals surface area (Å²) in [7, 11) is 0. The highest BCUT2D eigenvalue weighted by Crippen LogP contribution is 2.21. The molecule has 1 aliphatic rings. The lowest BCUT2D eigenvalue weighted by Gasteiger charge is -2.23. The second-order valence-electron chi connectivity index (χ2n) is 4.83. The standard InChI is InChI=1S/C15H21NO/c1-2-3-9-14-15(17)10-11-16(14)12-13-7-5-4-6-8-13/h4-8,14H,2-3,9-12H2,1H3. The van der Waals surface area contributed by atoms with Crippen LogP contribution in [0.15, 0.2) is 30.3 Å². The molecular weight excluding hydrogens is 210 g/mol. The summed E-state index contributed by atoms with van der Waals surface area (Å²) in [6, 6.07) is 10.6. The van der Waals surface area contributed by atoms with Gasteiger partial charge in [0, 0.05) is 19.5 Å². The topological polar surface area (TPSA) is 20.3 Å². The van der Waals surface area contributed by atoms with E-state index in [1.54, 1.807) is 0 Å². The van der Waals surface area contributed by atoms with Gasteiger partial charge in [0.2, 0.25) is 0 Å². The summed E-state index contributed by atoms with van der Waals surface area (Å²) in [5.41, 5.74) is 1.31. The highest BCUT2D eigenvalue weighted by molar-refractivity contribution is 5.86. The van der Waals surface area contributed by atoms with Crippen molar-refractivity contribution in [1.29, 1.82) is 0 Å². The quantitative estimate of drug-likeness (QED) is 0.776. The van der Waals surface area contributed by atoms with Crippen LogP contribution in [0.4, 0.5) is 0 Å². The van der Waals surface area contributed by atoms with Gasteiger partial charge in [-0.15, -0.1) is 0 Å². The van der Waals surface area contributed by atoms with Gasteiger partial charge in [-0.3, -0.25) is 9.69 Å². The first-order valence-corrected chi connectivity index (χ1v) is 6.62. The largest absolute Gasteiger partial charge is 0.298 e. The average Bonchev–Trinajstić information content (AvgIpc) is 2.69. The van der Waals surface area contributed by atoms with E-state index in [9.17, 15) is 4.79 Å². The first-order valence-electron chi connectivity index (χ1n) is 6.62. The Balaban J connectivity index is 1.97. The zero-order valence-electron chi connectivity index (χ0n) is 10.6. The molecule has 0 N–H and O–H groups in total. The van der Waals surface area contributed by atoms with Crippen molar-refractivity contribution in [3.8, 4) is 0 Å². The zero-order chi connectivity index (χ0) is 12.1. The Morgan fingerprint density at radius 1 is 1.29 bits per heavy atom. The molecule has 0 aromatic heterocycles. The fraction of sp³-hybridized carbons (Fsp3) is 0.533. The molecule has 0 radical (unpaired) electrons. The smallest absolute Gasteiger partial charge is 0.151 e. The number of hydrogen-bond acceptors (Lipinski definition) is 2. The van der Waals surface area contributed by atoms with Crippen molar-refractivity contribution in [2.75, 3.05) is 6.54 Å². The summed E-state index contributed by atoms with van der Waals surface area (Å²) in [5.74, 6) is 0.439. The van der Waals surface area contributed by atoms with Gasteiger partial charge in [-0.25, -0.2) is 0 Å². The van der Waals surface area contributed by atoms with Crippen molar-refractivity contribution >= 4 is 5.78 Å². The highest BCUT2D eigenvalue weighted by atomic mass is 16.1. The van der Waals surface area contributed by atoms with Gasteiger partial charge >= 0.3 is 0 Å². The highest BCUT2D eigenvalue weighted by Gasteiger charge is 2.31. The molecule has 92 valence electrons. The molecule has 0 amide bonds. The number of hydrogen-bond donors (Lipinski definition) is 0. The Hall–Kier alpha value is -1.15. The van der Waals surface area contributed by atoms with Crippen LogP contribution < -0.4 is 0 Å². The van der Waals surface area contributed by atoms with Crippen LogP contribution in [0.25, 0.3) is 0 Å². The maximum atomic E-state index is 11.8. The minimum atomic E-state index is 0.176. The number of carbonyl (C=O) groups excluding carboxylic acids is 1. The number of nitrogens with zero attached hydrogens (tertiary/aromatic N) is 1. The molecule has 1 atom stereocenters. The van der Waals surface area contributed by atoms with E-state index in [2.05, 4.69) is 36.1 Å². The number of unbranched alkanes of at least 4 members (excludes halogenated alkanes) is 1. The van der Waals surface area contributed by atoms with Crippen LogP contribution in [0.5, 0.6) is 0 Å². The fourth-order valence-electron chi connectivity index (χ4n) is 2.53. The lowest BCUT2D eigenvalue weighted by atomic mass is 10.1. The zero-order valence-corrected chi connectivity index (χ0v) is 10.6. The molecule has 1 heterocycles. The molecule has 0 saturated carbocycles. The van der Waals surface area contributed by atoms with Crippen molar-refractivity contribution in [3.05, 3.63) is 35.9 Å². The molecule has 0 aliphatic carbocycles. The Bertz CT molecular complexity index is 360. The molecule has 0 bridgehead atoms. The van der Waals surface area contributed by atoms with Crippen LogP contribution >= 0.6 is 0 Å². The van der Waals surface area contributed by atoms with E-state index in [1.807, 2.05) is 6.07 Å². The van der Waals surface area contributed by atoms with Crippen LogP contribution in [-0.2, 0) is 11.3 Å². The summed E-state index contributed by atoms with van der Waals surface area (Å²) in [4.78, 5) is 14.2. The number of ketones is 1. The SMILES string of the molecule is CCCCC1C(=O)CCN1Cc1ccccc1. The minimum absolute atomic E-state index is 0.176. The van der Waals surface area contributed by atoms with E-state index < -0.39 is 0 Å². The lowest BCUT2D eigenvalue weighted by Crippen LogP contribution is -2.32. The minimum Gasteiger partial charge on any atom is -0.298 e. The van der Waals surface area contributed by atoms with Crippen molar-refractivity contribution < 1.29 is 4.79 Å². The number of Topliss-reactive ketones (excluding diaryl/α,β-unsaturated/α-hetero) is 1. The van der Waals surface area contributed by atoms with Crippen molar-refractivity contribution in [2.45, 2.75) is 45.2 Å². The van der Waals surface area contributed by atoms with E-state index in [-0.39, 0.29) is 6.04 Å². The maximum absolute atomic E-state index is 11.8. The first-order chi connectivity index (χ1) is 8.31. The molecule has 1 saturated heterocycles. The molecule has 1 aliphatic heterocycles. The summed E-state index contributed by atoms with van der Waals surface area (Å²) in [6.45, 7) is 4.03. The molecule has 1 aromatic rings. The van der Waals surface area contributed by atoms with Gasteiger partial charge in [-0.2, -0.15) is 0 Å². The Morgan fingerprint density at radius 3 is 2.76 bits per heavy atom. The van der Waals surface area contributed by atoms with Gasteiger partial charge < -0.3 is 0 Å². The molecule has 1 aromatic carbocycles. The van der Waals surface area contributed by atoms with E-state index in [0.717, 1.165) is 32.4 Å². The maximum Gasteiger partial charge on any atom is 0.151 e. The lowest BCUT2D eigenvalue weighted by molar-refractivity contribution is -0.120. The number of benzene rings is 1. The molecule has 1 fully saturated rings. The number of carbonyl (C=O) groups is 1. The van der Waals surface area contributed by atoms with Gasteiger partial charge in [-0.1, -0.05) is 50.1 Å². The Kier molecular flexibility index (Phi) is 4.32. The second-order valence-corrected chi connectivity index (χ2v) is 4.83. The summed E-state index contributed by atoms with van der Waals surface area (Å²) < 4.78 is 0. The summed E-state index contributed by atoms with van der Waals surface area (Å²) in [5, 5.41) is 0. The van der Waals surface area contributed by atoms with Gasteiger partial charge in [0.15, 0.2) is 5.78 Å². The molecular formula is C15H21NO. The van der Waals surface area contributed by atoms with Gasteiger partial charge in [0.05, 0.1) is 6.04 Å². The molecule has 2 rings (SSSR count). The van der Waals surface area contributed by atoms with Crippen LogP contribution in [-0.4, -0.2) is 23.3 Å². The Morgan fingerprint density at radius 2 is 2.06 bits per heavy atom. The Labute approximate surface area is 104 Å². The van der Waals surface area contributed by atoms with Crippen LogP contribution in [0.3, 0.4) is 0 Å². The monoisotopic (exact) mass is 231 g/mol. The van der Waals surface area contributed by atoms with Crippen LogP contribution in [0, 0.1) is 0 Å². The van der Waals surface area contributed by atoms with Crippen molar-refractivity contribution in [3.63, 3.8) is 0 Å². The molecule has 2 nitrogen and oxygen atoms in total. The molecule has 1 unspecified atom stereocenters. The van der Waals surface area contributed by atoms with E-state index in [0.29, 0.717) is 5.78 Å². The first kappa shape index (κ1) is 12.3. The van der Waals surface area contributed by atoms with E-state index >= 15 is 0 Å². The molecule has 0 spiro atoms. The van der Waals surface area contributed by atoms with Gasteiger partial charge in [-0.05, 0) is 12.0 Å². The predicted molar refractivity (Wildman–Crippen MR) is 69.8 cm³/mol. The second kappa shape index (κ2) is 5.97. The van der Waals surface area contributed by atoms with Crippen LogP contribution in [0.1, 0.15) is 38.2 Å². The third-order valence-corrected chi connectivity index (χ3v) is 3.52.